The summed E-state index contributed by atoms with van der Waals surface area (Å²) >= 11 is 6.76. The van der Waals surface area contributed by atoms with Crippen molar-refractivity contribution >= 4 is 37.6 Å². The maximum absolute atomic E-state index is 14.0. The zero-order chi connectivity index (χ0) is 33.9. The monoisotopic (exact) mass is 662 g/mol. The first-order valence-corrected chi connectivity index (χ1v) is 18.7. The summed E-state index contributed by atoms with van der Waals surface area (Å²) in [5.74, 6) is 0.00247. The van der Waals surface area contributed by atoms with Crippen LogP contribution in [-0.4, -0.2) is 70.7 Å². The highest BCUT2D eigenvalue weighted by Crippen LogP contribution is 2.40. The van der Waals surface area contributed by atoms with E-state index < -0.39 is 38.4 Å². The molecule has 0 aliphatic carbocycles. The van der Waals surface area contributed by atoms with Gasteiger partial charge in [0.25, 0.3) is 0 Å². The lowest BCUT2D eigenvalue weighted by molar-refractivity contribution is -0.138. The SMILES string of the molecule is COc1cc2cc(c1Cl)N(C)C(=O)C[C@H](O[Si](C)(C)C(C)(C)C)/C(C)=C/[C@H](C)[C@@H]1C[C@@](O)(NC(=O)O1)[C@H](OC)/C=C/C=C(\C)C2. The van der Waals surface area contributed by atoms with Crippen LogP contribution in [0.4, 0.5) is 10.5 Å². The van der Waals surface area contributed by atoms with E-state index >= 15 is 0 Å². The number of alkyl carbamates (subject to hydrolysis) is 1. The van der Waals surface area contributed by atoms with Gasteiger partial charge in [0, 0.05) is 26.5 Å². The van der Waals surface area contributed by atoms with E-state index in [4.69, 9.17) is 30.2 Å². The van der Waals surface area contributed by atoms with Gasteiger partial charge in [-0.15, -0.1) is 0 Å². The topological polar surface area (TPSA) is 107 Å². The van der Waals surface area contributed by atoms with Crippen molar-refractivity contribution in [1.82, 2.24) is 5.32 Å². The molecule has 0 radical (unpaired) electrons. The van der Waals surface area contributed by atoms with Crippen LogP contribution in [0.15, 0.2) is 47.6 Å². The Kier molecular flexibility index (Phi) is 11.8. The summed E-state index contributed by atoms with van der Waals surface area (Å²) in [5, 5.41) is 14.4. The molecule has 45 heavy (non-hydrogen) atoms. The third-order valence-electron chi connectivity index (χ3n) is 9.22. The van der Waals surface area contributed by atoms with Gasteiger partial charge in [-0.2, -0.15) is 0 Å². The van der Waals surface area contributed by atoms with Gasteiger partial charge in [-0.3, -0.25) is 10.1 Å². The first kappa shape index (κ1) is 36.8. The van der Waals surface area contributed by atoms with Gasteiger partial charge in [0.1, 0.15) is 23.0 Å². The fraction of sp³-hybridized carbons (Fsp3) is 0.588. The standard InChI is InChI=1S/C34H51ClN2O7Si/c1-21-13-12-14-29(42-9)34(40)20-28(43-32(39)36-34)23(3)16-22(2)26(44-45(10,11)33(4,5)6)19-30(38)37(7)25-17-24(15-21)18-27(41-8)31(25)35/h12-14,16-18,23,26,28-29,40H,15,19-20H2,1-11H3,(H,36,39)/b14-12+,21-13+,22-16+/t23-,26-,28-,29+,34-/m0/s1. The number of allylic oxidation sites excluding steroid dienone is 3. The zero-order valence-electron chi connectivity index (χ0n) is 28.6. The molecular formula is C34H51ClN2O7Si. The van der Waals surface area contributed by atoms with Crippen LogP contribution in [-0.2, 0) is 25.1 Å². The van der Waals surface area contributed by atoms with Crippen molar-refractivity contribution in [2.45, 2.75) is 103 Å². The van der Waals surface area contributed by atoms with Gasteiger partial charge in [-0.25, -0.2) is 4.79 Å². The fourth-order valence-electron chi connectivity index (χ4n) is 5.38. The summed E-state index contributed by atoms with van der Waals surface area (Å²) in [6, 6.07) is 3.77. The Bertz CT molecular complexity index is 1350. The number of rotatable bonds is 4. The van der Waals surface area contributed by atoms with E-state index in [0.717, 1.165) is 16.7 Å². The molecule has 2 heterocycles. The Labute approximate surface area is 274 Å². The molecule has 1 aromatic rings. The Balaban J connectivity index is 2.18. The minimum Gasteiger partial charge on any atom is -0.495 e. The number of nitrogens with one attached hydrogen (secondary N) is 1. The molecule has 1 saturated heterocycles. The van der Waals surface area contributed by atoms with Gasteiger partial charge in [0.15, 0.2) is 14.0 Å². The van der Waals surface area contributed by atoms with Crippen LogP contribution in [0.5, 0.6) is 5.75 Å². The van der Waals surface area contributed by atoms with E-state index in [1.807, 2.05) is 45.1 Å². The average Bonchev–Trinajstić information content (AvgIpc) is 2.93. The second-order valence-electron chi connectivity index (χ2n) is 13.9. The zero-order valence-corrected chi connectivity index (χ0v) is 30.4. The summed E-state index contributed by atoms with van der Waals surface area (Å²) in [6.07, 6.45) is 5.38. The number of hydrogen-bond acceptors (Lipinski definition) is 7. The second kappa shape index (κ2) is 14.4. The van der Waals surface area contributed by atoms with Crippen LogP contribution in [0.25, 0.3) is 0 Å². The lowest BCUT2D eigenvalue weighted by atomic mass is 9.89. The Morgan fingerprint density at radius 2 is 1.84 bits per heavy atom. The number of hydrogen-bond donors (Lipinski definition) is 2. The summed E-state index contributed by atoms with van der Waals surface area (Å²) in [5.41, 5.74) is 1.60. The van der Waals surface area contributed by atoms with E-state index in [0.29, 0.717) is 22.9 Å². The predicted octanol–water partition coefficient (Wildman–Crippen LogP) is 6.94. The minimum absolute atomic E-state index is 0.0749. The quantitative estimate of drug-likeness (QED) is 0.266. The van der Waals surface area contributed by atoms with Crippen molar-refractivity contribution in [1.29, 1.82) is 0 Å². The Morgan fingerprint density at radius 3 is 2.44 bits per heavy atom. The Morgan fingerprint density at radius 1 is 1.18 bits per heavy atom. The summed E-state index contributed by atoms with van der Waals surface area (Å²) < 4.78 is 23.8. The molecule has 2 aliphatic heterocycles. The molecular weight excluding hydrogens is 612 g/mol. The van der Waals surface area contributed by atoms with Crippen molar-refractivity contribution in [2.75, 3.05) is 26.2 Å². The molecule has 2 amide bonds. The van der Waals surface area contributed by atoms with E-state index in [1.54, 1.807) is 31.2 Å². The molecule has 0 spiro atoms. The van der Waals surface area contributed by atoms with Crippen molar-refractivity contribution in [3.05, 3.63) is 58.2 Å². The lowest BCUT2D eigenvalue weighted by Crippen LogP contribution is -2.63. The normalized spacial score (nSPS) is 30.4. The fourth-order valence-corrected chi connectivity index (χ4v) is 7.03. The number of amides is 2. The van der Waals surface area contributed by atoms with Gasteiger partial charge in [0.05, 0.1) is 25.3 Å². The van der Waals surface area contributed by atoms with Crippen molar-refractivity contribution in [3.8, 4) is 5.75 Å². The average molecular weight is 663 g/mol. The minimum atomic E-state index is -2.33. The highest BCUT2D eigenvalue weighted by Gasteiger charge is 2.46. The molecule has 0 aromatic heterocycles. The van der Waals surface area contributed by atoms with Crippen LogP contribution >= 0.6 is 11.6 Å². The number of methoxy groups -OCH3 is 2. The van der Waals surface area contributed by atoms with E-state index in [1.165, 1.54) is 7.11 Å². The van der Waals surface area contributed by atoms with Crippen LogP contribution in [0.2, 0.25) is 23.2 Å². The smallest absolute Gasteiger partial charge is 0.409 e. The first-order valence-electron chi connectivity index (χ1n) is 15.4. The molecule has 3 rings (SSSR count). The molecule has 0 saturated carbocycles. The van der Waals surface area contributed by atoms with Gasteiger partial charge >= 0.3 is 6.09 Å². The van der Waals surface area contributed by atoms with E-state index in [9.17, 15) is 14.7 Å². The highest BCUT2D eigenvalue weighted by molar-refractivity contribution is 6.74. The van der Waals surface area contributed by atoms with Gasteiger partial charge in [-0.05, 0) is 61.7 Å². The number of benzene rings is 1. The number of halogens is 1. The lowest BCUT2D eigenvalue weighted by Gasteiger charge is -2.42. The van der Waals surface area contributed by atoms with E-state index in [2.05, 4.69) is 39.2 Å². The highest BCUT2D eigenvalue weighted by atomic mass is 35.5. The number of carbonyl (C=O) groups excluding carboxylic acids is 2. The molecule has 11 heteroatoms. The molecule has 1 aromatic carbocycles. The molecule has 5 atom stereocenters. The van der Waals surface area contributed by atoms with Crippen molar-refractivity contribution in [3.63, 3.8) is 0 Å². The first-order chi connectivity index (χ1) is 20.8. The summed E-state index contributed by atoms with van der Waals surface area (Å²) in [7, 11) is 2.42. The maximum atomic E-state index is 14.0. The molecule has 1 fully saturated rings. The van der Waals surface area contributed by atoms with Crippen LogP contribution in [0.3, 0.4) is 0 Å². The molecule has 250 valence electrons. The maximum Gasteiger partial charge on any atom is 0.409 e. The predicted molar refractivity (Wildman–Crippen MR) is 181 cm³/mol. The van der Waals surface area contributed by atoms with Crippen LogP contribution < -0.4 is 15.0 Å². The third-order valence-corrected chi connectivity index (χ3v) is 14.1. The number of ether oxygens (including phenoxy) is 3. The largest absolute Gasteiger partial charge is 0.495 e. The number of fused-ring (bicyclic) bond motifs is 4. The second-order valence-corrected chi connectivity index (χ2v) is 19.0. The van der Waals surface area contributed by atoms with Gasteiger partial charge in [0.2, 0.25) is 5.91 Å². The van der Waals surface area contributed by atoms with Crippen molar-refractivity contribution in [2.24, 2.45) is 5.92 Å². The Hall–Kier alpha value is -2.63. The number of aliphatic hydroxyl groups is 1. The number of nitrogens with zero attached hydrogens (tertiary/aromatic N) is 1. The van der Waals surface area contributed by atoms with Crippen molar-refractivity contribution < 1.29 is 33.3 Å². The number of carbonyl (C=O) groups is 2. The van der Waals surface area contributed by atoms with Gasteiger partial charge in [-0.1, -0.05) is 69.2 Å². The molecule has 0 unspecified atom stereocenters. The summed E-state index contributed by atoms with van der Waals surface area (Å²) in [6.45, 7) is 16.6. The molecule has 4 bridgehead atoms. The summed E-state index contributed by atoms with van der Waals surface area (Å²) in [4.78, 5) is 28.2. The van der Waals surface area contributed by atoms with Crippen LogP contribution in [0.1, 0.15) is 59.9 Å². The molecule has 9 nitrogen and oxygen atoms in total. The number of anilines is 1. The van der Waals surface area contributed by atoms with Crippen LogP contribution in [0, 0.1) is 5.92 Å². The third kappa shape index (κ3) is 8.80. The van der Waals surface area contributed by atoms with Gasteiger partial charge < -0.3 is 28.6 Å². The molecule has 2 N–H and O–H groups in total. The van der Waals surface area contributed by atoms with E-state index in [-0.39, 0.29) is 29.7 Å². The molecule has 2 aliphatic rings.